The van der Waals surface area contributed by atoms with Crippen molar-refractivity contribution in [3.63, 3.8) is 0 Å². The number of carbonyl (C=O) groups excluding carboxylic acids is 3. The number of carbonyl (C=O) groups is 3. The van der Waals surface area contributed by atoms with Crippen LogP contribution in [0.2, 0.25) is 0 Å². The molecule has 0 unspecified atom stereocenters. The Labute approximate surface area is 154 Å². The second kappa shape index (κ2) is 8.34. The van der Waals surface area contributed by atoms with Gasteiger partial charge in [0.15, 0.2) is 0 Å². The number of nitrogens with zero attached hydrogens (tertiary/aromatic N) is 1. The van der Waals surface area contributed by atoms with Gasteiger partial charge in [0.2, 0.25) is 17.7 Å². The van der Waals surface area contributed by atoms with E-state index in [1.165, 1.54) is 0 Å². The van der Waals surface area contributed by atoms with E-state index in [0.717, 1.165) is 44.2 Å². The van der Waals surface area contributed by atoms with Crippen LogP contribution in [0, 0.1) is 5.92 Å². The van der Waals surface area contributed by atoms with Gasteiger partial charge in [-0.05, 0) is 50.3 Å². The van der Waals surface area contributed by atoms with Crippen molar-refractivity contribution in [2.75, 3.05) is 11.9 Å². The second-order valence-electron chi connectivity index (χ2n) is 7.32. The summed E-state index contributed by atoms with van der Waals surface area (Å²) >= 11 is 0. The molecule has 6 nitrogen and oxygen atoms in total. The lowest BCUT2D eigenvalue weighted by Gasteiger charge is -2.27. The highest BCUT2D eigenvalue weighted by Crippen LogP contribution is 2.26. The summed E-state index contributed by atoms with van der Waals surface area (Å²) in [6.07, 6.45) is 5.55. The Balaban J connectivity index is 1.54. The quantitative estimate of drug-likeness (QED) is 0.821. The first kappa shape index (κ1) is 18.4. The van der Waals surface area contributed by atoms with Gasteiger partial charge in [-0.1, -0.05) is 18.6 Å². The molecule has 2 fully saturated rings. The van der Waals surface area contributed by atoms with E-state index in [0.29, 0.717) is 18.7 Å². The van der Waals surface area contributed by atoms with Gasteiger partial charge in [0, 0.05) is 31.1 Å². The first-order valence-electron chi connectivity index (χ1n) is 9.51. The molecule has 1 atom stereocenters. The molecule has 1 aliphatic heterocycles. The van der Waals surface area contributed by atoms with Gasteiger partial charge in [-0.2, -0.15) is 0 Å². The minimum Gasteiger partial charge on any atom is -0.344 e. The lowest BCUT2D eigenvalue weighted by molar-refractivity contribution is -0.133. The molecular weight excluding hydrogens is 330 g/mol. The molecule has 1 aromatic carbocycles. The molecule has 1 aliphatic carbocycles. The molecule has 0 radical (unpaired) electrons. The summed E-state index contributed by atoms with van der Waals surface area (Å²) in [5.41, 5.74) is 1.67. The average molecular weight is 357 g/mol. The lowest BCUT2D eigenvalue weighted by atomic mass is 9.84. The van der Waals surface area contributed by atoms with Crippen molar-refractivity contribution in [1.82, 2.24) is 10.2 Å². The maximum atomic E-state index is 12.3. The molecule has 2 N–H and O–H groups in total. The summed E-state index contributed by atoms with van der Waals surface area (Å²) < 4.78 is 0. The van der Waals surface area contributed by atoms with Crippen LogP contribution in [0.5, 0.6) is 0 Å². The second-order valence-corrected chi connectivity index (χ2v) is 7.32. The van der Waals surface area contributed by atoms with Crippen molar-refractivity contribution in [3.05, 3.63) is 29.8 Å². The molecule has 0 bridgehead atoms. The number of rotatable bonds is 6. The smallest absolute Gasteiger partial charge is 0.246 e. The standard InChI is InChI=1S/C20H27N3O3/c1-14(21-20(26)16-7-5-8-16)19(25)22-17-9-4-6-15(12-17)13-23-11-3-2-10-18(23)24/h4,6,9,12,14,16H,2-3,5,7-8,10-11,13H2,1H3,(H,21,26)(H,22,25)/t14-/m0/s1. The Morgan fingerprint density at radius 2 is 2.04 bits per heavy atom. The van der Waals surface area contributed by atoms with E-state index in [9.17, 15) is 14.4 Å². The number of benzene rings is 1. The number of hydrogen-bond donors (Lipinski definition) is 2. The molecule has 0 spiro atoms. The molecule has 6 heteroatoms. The highest BCUT2D eigenvalue weighted by Gasteiger charge is 2.27. The Bertz CT molecular complexity index is 685. The Morgan fingerprint density at radius 3 is 2.73 bits per heavy atom. The third-order valence-electron chi connectivity index (χ3n) is 5.22. The van der Waals surface area contributed by atoms with E-state index in [-0.39, 0.29) is 23.6 Å². The van der Waals surface area contributed by atoms with E-state index in [1.807, 2.05) is 29.2 Å². The van der Waals surface area contributed by atoms with E-state index in [4.69, 9.17) is 0 Å². The molecular formula is C20H27N3O3. The van der Waals surface area contributed by atoms with Crippen molar-refractivity contribution >= 4 is 23.4 Å². The molecule has 26 heavy (non-hydrogen) atoms. The molecule has 3 amide bonds. The number of likely N-dealkylation sites (tertiary alicyclic amines) is 1. The molecule has 1 heterocycles. The van der Waals surface area contributed by atoms with Crippen LogP contribution in [0.3, 0.4) is 0 Å². The summed E-state index contributed by atoms with van der Waals surface area (Å²) in [6.45, 7) is 3.05. The van der Waals surface area contributed by atoms with Crippen LogP contribution in [-0.4, -0.2) is 35.2 Å². The largest absolute Gasteiger partial charge is 0.344 e. The molecule has 2 aliphatic rings. The van der Waals surface area contributed by atoms with Crippen molar-refractivity contribution in [3.8, 4) is 0 Å². The number of anilines is 1. The van der Waals surface area contributed by atoms with Crippen LogP contribution < -0.4 is 10.6 Å². The molecule has 1 aromatic rings. The number of amides is 3. The zero-order chi connectivity index (χ0) is 18.5. The zero-order valence-electron chi connectivity index (χ0n) is 15.3. The summed E-state index contributed by atoms with van der Waals surface area (Å²) in [6, 6.07) is 6.96. The average Bonchev–Trinajstić information content (AvgIpc) is 2.55. The first-order valence-corrected chi connectivity index (χ1v) is 9.51. The van der Waals surface area contributed by atoms with Crippen LogP contribution >= 0.6 is 0 Å². The number of hydrogen-bond acceptors (Lipinski definition) is 3. The molecule has 140 valence electrons. The Hall–Kier alpha value is -2.37. The van der Waals surface area contributed by atoms with Gasteiger partial charge in [0.25, 0.3) is 0 Å². The van der Waals surface area contributed by atoms with Gasteiger partial charge in [0.1, 0.15) is 6.04 Å². The highest BCUT2D eigenvalue weighted by molar-refractivity contribution is 5.97. The third-order valence-corrected chi connectivity index (χ3v) is 5.22. The monoisotopic (exact) mass is 357 g/mol. The summed E-state index contributed by atoms with van der Waals surface area (Å²) in [5, 5.41) is 5.64. The normalized spacial score (nSPS) is 18.8. The maximum Gasteiger partial charge on any atom is 0.246 e. The zero-order valence-corrected chi connectivity index (χ0v) is 15.3. The van der Waals surface area contributed by atoms with Gasteiger partial charge in [-0.25, -0.2) is 0 Å². The fourth-order valence-electron chi connectivity index (χ4n) is 3.31. The molecule has 1 saturated carbocycles. The maximum absolute atomic E-state index is 12.3. The molecule has 3 rings (SSSR count). The van der Waals surface area contributed by atoms with Crippen LogP contribution in [0.1, 0.15) is 51.0 Å². The molecule has 0 aromatic heterocycles. The minimum absolute atomic E-state index is 0.0312. The molecule has 1 saturated heterocycles. The van der Waals surface area contributed by atoms with E-state index in [2.05, 4.69) is 10.6 Å². The SMILES string of the molecule is C[C@H](NC(=O)C1CCC1)C(=O)Nc1cccc(CN2CCCCC2=O)c1. The van der Waals surface area contributed by atoms with E-state index < -0.39 is 6.04 Å². The predicted octanol–water partition coefficient (Wildman–Crippen LogP) is 2.44. The number of nitrogens with one attached hydrogen (secondary N) is 2. The van der Waals surface area contributed by atoms with Crippen LogP contribution in [0.15, 0.2) is 24.3 Å². The van der Waals surface area contributed by atoms with Gasteiger partial charge in [0.05, 0.1) is 0 Å². The summed E-state index contributed by atoms with van der Waals surface area (Å²) in [4.78, 5) is 38.1. The van der Waals surface area contributed by atoms with Gasteiger partial charge in [-0.15, -0.1) is 0 Å². The van der Waals surface area contributed by atoms with Crippen molar-refractivity contribution in [2.24, 2.45) is 5.92 Å². The minimum atomic E-state index is -0.574. The van der Waals surface area contributed by atoms with Crippen molar-refractivity contribution < 1.29 is 14.4 Å². The highest BCUT2D eigenvalue weighted by atomic mass is 16.2. The van der Waals surface area contributed by atoms with Crippen LogP contribution in [0.25, 0.3) is 0 Å². The van der Waals surface area contributed by atoms with Crippen molar-refractivity contribution in [1.29, 1.82) is 0 Å². The van der Waals surface area contributed by atoms with Gasteiger partial charge < -0.3 is 15.5 Å². The van der Waals surface area contributed by atoms with Crippen LogP contribution in [0.4, 0.5) is 5.69 Å². The number of piperidine rings is 1. The topological polar surface area (TPSA) is 78.5 Å². The predicted molar refractivity (Wildman–Crippen MR) is 99.3 cm³/mol. The lowest BCUT2D eigenvalue weighted by Crippen LogP contribution is -2.45. The fraction of sp³-hybridized carbons (Fsp3) is 0.550. The van der Waals surface area contributed by atoms with Gasteiger partial charge in [-0.3, -0.25) is 14.4 Å². The van der Waals surface area contributed by atoms with Crippen molar-refractivity contribution in [2.45, 2.75) is 58.0 Å². The fourth-order valence-corrected chi connectivity index (χ4v) is 3.31. The van der Waals surface area contributed by atoms with E-state index in [1.54, 1.807) is 6.92 Å². The Kier molecular flexibility index (Phi) is 5.91. The van der Waals surface area contributed by atoms with E-state index >= 15 is 0 Å². The summed E-state index contributed by atoms with van der Waals surface area (Å²) in [7, 11) is 0. The summed E-state index contributed by atoms with van der Waals surface area (Å²) in [5.74, 6) is -0.00573. The van der Waals surface area contributed by atoms with Crippen LogP contribution in [-0.2, 0) is 20.9 Å². The third kappa shape index (κ3) is 4.62. The first-order chi connectivity index (χ1) is 12.5. The Morgan fingerprint density at radius 1 is 1.23 bits per heavy atom. The van der Waals surface area contributed by atoms with Gasteiger partial charge >= 0.3 is 0 Å².